The minimum absolute atomic E-state index is 0.375. The Kier molecular flexibility index (Phi) is 3.46. The Balaban J connectivity index is 1.40. The van der Waals surface area contributed by atoms with Gasteiger partial charge in [0.1, 0.15) is 0 Å². The third-order valence-corrected chi connectivity index (χ3v) is 5.34. The fraction of sp³-hybridized carbons (Fsp3) is 0.611. The number of carbonyl (C=O) groups excluding carboxylic acids is 1. The summed E-state index contributed by atoms with van der Waals surface area (Å²) >= 11 is 0. The number of fused-ring (bicyclic) bond motifs is 1. The molecule has 2 aliphatic carbocycles. The van der Waals surface area contributed by atoms with Crippen LogP contribution in [0.15, 0.2) is 24.3 Å². The van der Waals surface area contributed by atoms with Crippen LogP contribution in [0, 0.1) is 5.92 Å². The Morgan fingerprint density at radius 1 is 1.00 bits per heavy atom. The molecule has 0 spiro atoms. The van der Waals surface area contributed by atoms with E-state index in [2.05, 4.69) is 34.1 Å². The molecular weight excluding hydrogens is 260 g/mol. The molecule has 3 aliphatic rings. The van der Waals surface area contributed by atoms with Crippen LogP contribution >= 0.6 is 0 Å². The SMILES string of the molecule is O=C1CCN(C2Cc3ccccc3C2)CCN1CC1CC1. The van der Waals surface area contributed by atoms with Crippen molar-refractivity contribution in [2.75, 3.05) is 26.2 Å². The predicted molar refractivity (Wildman–Crippen MR) is 83.1 cm³/mol. The normalized spacial score (nSPS) is 24.2. The summed E-state index contributed by atoms with van der Waals surface area (Å²) in [5.74, 6) is 1.18. The molecule has 0 N–H and O–H groups in total. The fourth-order valence-electron chi connectivity index (χ4n) is 3.85. The monoisotopic (exact) mass is 284 g/mol. The molecule has 4 rings (SSSR count). The van der Waals surface area contributed by atoms with Gasteiger partial charge in [0.2, 0.25) is 5.91 Å². The molecule has 2 fully saturated rings. The van der Waals surface area contributed by atoms with E-state index < -0.39 is 0 Å². The highest BCUT2D eigenvalue weighted by molar-refractivity contribution is 5.76. The molecule has 1 saturated heterocycles. The number of carbonyl (C=O) groups is 1. The second-order valence-electron chi connectivity index (χ2n) is 6.90. The average Bonchev–Trinajstić information content (AvgIpc) is 3.24. The summed E-state index contributed by atoms with van der Waals surface area (Å²) in [6.07, 6.45) is 5.68. The van der Waals surface area contributed by atoms with Crippen LogP contribution in [0.1, 0.15) is 30.4 Å². The molecule has 3 heteroatoms. The summed E-state index contributed by atoms with van der Waals surface area (Å²) in [6.45, 7) is 3.94. The third-order valence-electron chi connectivity index (χ3n) is 5.34. The van der Waals surface area contributed by atoms with Gasteiger partial charge < -0.3 is 4.90 Å². The number of benzene rings is 1. The van der Waals surface area contributed by atoms with Crippen molar-refractivity contribution in [1.29, 1.82) is 0 Å². The number of amides is 1. The first-order chi connectivity index (χ1) is 10.3. The molecule has 0 bridgehead atoms. The van der Waals surface area contributed by atoms with E-state index in [0.29, 0.717) is 18.4 Å². The van der Waals surface area contributed by atoms with Gasteiger partial charge in [-0.15, -0.1) is 0 Å². The summed E-state index contributed by atoms with van der Waals surface area (Å²) < 4.78 is 0. The van der Waals surface area contributed by atoms with Crippen LogP contribution in [0.3, 0.4) is 0 Å². The lowest BCUT2D eigenvalue weighted by atomic mass is 10.1. The summed E-state index contributed by atoms with van der Waals surface area (Å²) in [4.78, 5) is 16.9. The standard InChI is InChI=1S/C18H24N2O/c21-18-7-8-19(9-10-20(18)13-14-5-6-14)17-11-15-3-1-2-4-16(15)12-17/h1-4,14,17H,5-13H2. The second-order valence-corrected chi connectivity index (χ2v) is 6.90. The van der Waals surface area contributed by atoms with Gasteiger partial charge in [-0.1, -0.05) is 24.3 Å². The fourth-order valence-corrected chi connectivity index (χ4v) is 3.85. The van der Waals surface area contributed by atoms with Gasteiger partial charge in [0, 0.05) is 38.6 Å². The third kappa shape index (κ3) is 2.84. The van der Waals surface area contributed by atoms with Gasteiger partial charge in [-0.05, 0) is 42.7 Å². The van der Waals surface area contributed by atoms with E-state index in [0.717, 1.165) is 44.9 Å². The maximum atomic E-state index is 12.3. The summed E-state index contributed by atoms with van der Waals surface area (Å²) in [5, 5.41) is 0. The molecule has 3 nitrogen and oxygen atoms in total. The molecule has 1 saturated carbocycles. The van der Waals surface area contributed by atoms with Crippen LogP contribution in [0.25, 0.3) is 0 Å². The van der Waals surface area contributed by atoms with E-state index in [-0.39, 0.29) is 0 Å². The molecule has 112 valence electrons. The number of hydrogen-bond donors (Lipinski definition) is 0. The Morgan fingerprint density at radius 2 is 1.71 bits per heavy atom. The molecule has 1 amide bonds. The van der Waals surface area contributed by atoms with Crippen molar-refractivity contribution in [3.8, 4) is 0 Å². The van der Waals surface area contributed by atoms with E-state index in [9.17, 15) is 4.79 Å². The summed E-state index contributed by atoms with van der Waals surface area (Å²) in [6, 6.07) is 9.42. The maximum absolute atomic E-state index is 12.3. The van der Waals surface area contributed by atoms with E-state index in [1.54, 1.807) is 0 Å². The van der Waals surface area contributed by atoms with Gasteiger partial charge in [0.25, 0.3) is 0 Å². The molecule has 0 atom stereocenters. The van der Waals surface area contributed by atoms with Crippen molar-refractivity contribution in [1.82, 2.24) is 9.80 Å². The molecule has 21 heavy (non-hydrogen) atoms. The van der Waals surface area contributed by atoms with Crippen molar-refractivity contribution in [3.63, 3.8) is 0 Å². The molecule has 1 aromatic carbocycles. The van der Waals surface area contributed by atoms with E-state index in [4.69, 9.17) is 0 Å². The van der Waals surface area contributed by atoms with Gasteiger partial charge in [-0.3, -0.25) is 9.69 Å². The molecular formula is C18H24N2O. The quantitative estimate of drug-likeness (QED) is 0.848. The molecule has 0 aromatic heterocycles. The lowest BCUT2D eigenvalue weighted by Crippen LogP contribution is -2.39. The minimum atomic E-state index is 0.375. The Hall–Kier alpha value is -1.35. The van der Waals surface area contributed by atoms with Crippen molar-refractivity contribution < 1.29 is 4.79 Å². The molecule has 1 aliphatic heterocycles. The Bertz CT molecular complexity index is 513. The number of hydrogen-bond acceptors (Lipinski definition) is 2. The zero-order chi connectivity index (χ0) is 14.2. The van der Waals surface area contributed by atoms with Gasteiger partial charge in [0.05, 0.1) is 0 Å². The molecule has 0 unspecified atom stereocenters. The number of nitrogens with zero attached hydrogens (tertiary/aromatic N) is 2. The van der Waals surface area contributed by atoms with Crippen molar-refractivity contribution in [2.24, 2.45) is 5.92 Å². The minimum Gasteiger partial charge on any atom is -0.341 e. The first kappa shape index (κ1) is 13.3. The van der Waals surface area contributed by atoms with Crippen LogP contribution < -0.4 is 0 Å². The summed E-state index contributed by atoms with van der Waals surface area (Å²) in [5.41, 5.74) is 3.01. The molecule has 1 aromatic rings. The highest BCUT2D eigenvalue weighted by Crippen LogP contribution is 2.31. The van der Waals surface area contributed by atoms with Gasteiger partial charge in [0.15, 0.2) is 0 Å². The van der Waals surface area contributed by atoms with Crippen LogP contribution in [0.4, 0.5) is 0 Å². The second kappa shape index (κ2) is 5.45. The highest BCUT2D eigenvalue weighted by atomic mass is 16.2. The highest BCUT2D eigenvalue weighted by Gasteiger charge is 2.32. The van der Waals surface area contributed by atoms with Gasteiger partial charge in [-0.2, -0.15) is 0 Å². The zero-order valence-electron chi connectivity index (χ0n) is 12.6. The van der Waals surface area contributed by atoms with Crippen LogP contribution in [-0.2, 0) is 17.6 Å². The Morgan fingerprint density at radius 3 is 2.38 bits per heavy atom. The predicted octanol–water partition coefficient (Wildman–Crippen LogP) is 2.10. The van der Waals surface area contributed by atoms with E-state index in [1.807, 2.05) is 0 Å². The zero-order valence-corrected chi connectivity index (χ0v) is 12.6. The molecule has 1 heterocycles. The van der Waals surface area contributed by atoms with Crippen LogP contribution in [-0.4, -0.2) is 47.9 Å². The maximum Gasteiger partial charge on any atom is 0.223 e. The van der Waals surface area contributed by atoms with E-state index in [1.165, 1.54) is 24.0 Å². The molecule has 0 radical (unpaired) electrons. The Labute approximate surface area is 126 Å². The lowest BCUT2D eigenvalue weighted by molar-refractivity contribution is -0.130. The average molecular weight is 284 g/mol. The van der Waals surface area contributed by atoms with Crippen molar-refractivity contribution in [2.45, 2.75) is 38.1 Å². The van der Waals surface area contributed by atoms with Gasteiger partial charge >= 0.3 is 0 Å². The van der Waals surface area contributed by atoms with Crippen molar-refractivity contribution >= 4 is 5.91 Å². The van der Waals surface area contributed by atoms with E-state index >= 15 is 0 Å². The van der Waals surface area contributed by atoms with Gasteiger partial charge in [-0.25, -0.2) is 0 Å². The number of rotatable bonds is 3. The topological polar surface area (TPSA) is 23.6 Å². The summed E-state index contributed by atoms with van der Waals surface area (Å²) in [7, 11) is 0. The van der Waals surface area contributed by atoms with Crippen LogP contribution in [0.5, 0.6) is 0 Å². The first-order valence-electron chi connectivity index (χ1n) is 8.38. The first-order valence-corrected chi connectivity index (χ1v) is 8.38. The van der Waals surface area contributed by atoms with Crippen LogP contribution in [0.2, 0.25) is 0 Å². The lowest BCUT2D eigenvalue weighted by Gasteiger charge is -2.27. The smallest absolute Gasteiger partial charge is 0.223 e. The van der Waals surface area contributed by atoms with Crippen molar-refractivity contribution in [3.05, 3.63) is 35.4 Å². The largest absolute Gasteiger partial charge is 0.341 e.